The predicted molar refractivity (Wildman–Crippen MR) is 72.9 cm³/mol. The van der Waals surface area contributed by atoms with Gasteiger partial charge in [0.25, 0.3) is 0 Å². The molecule has 0 bridgehead atoms. The molecule has 1 aliphatic heterocycles. The van der Waals surface area contributed by atoms with Crippen LogP contribution < -0.4 is 0 Å². The number of carboxylic acid groups (broad SMARTS) is 1. The second-order valence-corrected chi connectivity index (χ2v) is 5.60. The first kappa shape index (κ1) is 14.1. The number of aliphatic carboxylic acids is 1. The van der Waals surface area contributed by atoms with Crippen LogP contribution in [0.25, 0.3) is 0 Å². The smallest absolute Gasteiger partial charge is 0.304 e. The summed E-state index contributed by atoms with van der Waals surface area (Å²) in [5, 5.41) is 13.5. The van der Waals surface area contributed by atoms with E-state index in [4.69, 9.17) is 5.11 Å². The Morgan fingerprint density at radius 3 is 2.95 bits per heavy atom. The molecule has 1 unspecified atom stereocenters. The number of aromatic nitrogens is 2. The molecule has 1 aromatic rings. The molecule has 106 valence electrons. The number of hydrogen-bond donors (Lipinski definition) is 1. The summed E-state index contributed by atoms with van der Waals surface area (Å²) in [6.45, 7) is 5.94. The summed E-state index contributed by atoms with van der Waals surface area (Å²) in [6, 6.07) is 2.56. The standard InChI is InChI=1S/C14H23N3O2/c1-11(2)17-8-6-12(15-17)10-16-7-4-3-5-13(16)9-14(18)19/h6,8,11,13H,3-5,7,9-10H2,1-2H3,(H,18,19). The minimum Gasteiger partial charge on any atom is -0.481 e. The summed E-state index contributed by atoms with van der Waals surface area (Å²) < 4.78 is 1.95. The van der Waals surface area contributed by atoms with Gasteiger partial charge in [-0.05, 0) is 39.3 Å². The number of piperidine rings is 1. The quantitative estimate of drug-likeness (QED) is 0.887. The van der Waals surface area contributed by atoms with Crippen molar-refractivity contribution >= 4 is 5.97 Å². The molecule has 0 aromatic carbocycles. The molecular weight excluding hydrogens is 242 g/mol. The highest BCUT2D eigenvalue weighted by Crippen LogP contribution is 2.21. The molecule has 2 rings (SSSR count). The third-order valence-electron chi connectivity index (χ3n) is 3.72. The second kappa shape index (κ2) is 6.19. The molecule has 0 radical (unpaired) electrons. The van der Waals surface area contributed by atoms with Crippen LogP contribution >= 0.6 is 0 Å². The van der Waals surface area contributed by atoms with Crippen LogP contribution in [-0.2, 0) is 11.3 Å². The van der Waals surface area contributed by atoms with Gasteiger partial charge in [0.1, 0.15) is 0 Å². The molecule has 1 atom stereocenters. The van der Waals surface area contributed by atoms with Crippen LogP contribution in [-0.4, -0.2) is 38.3 Å². The van der Waals surface area contributed by atoms with E-state index in [0.717, 1.165) is 38.0 Å². The largest absolute Gasteiger partial charge is 0.481 e. The van der Waals surface area contributed by atoms with E-state index in [-0.39, 0.29) is 12.5 Å². The highest BCUT2D eigenvalue weighted by atomic mass is 16.4. The lowest BCUT2D eigenvalue weighted by molar-refractivity contribution is -0.138. The van der Waals surface area contributed by atoms with Crippen LogP contribution in [0.3, 0.4) is 0 Å². The normalized spacial score (nSPS) is 20.9. The highest BCUT2D eigenvalue weighted by Gasteiger charge is 2.25. The maximum atomic E-state index is 10.9. The lowest BCUT2D eigenvalue weighted by Gasteiger charge is -2.34. The Balaban J connectivity index is 1.99. The topological polar surface area (TPSA) is 58.4 Å². The summed E-state index contributed by atoms with van der Waals surface area (Å²) in [7, 11) is 0. The van der Waals surface area contributed by atoms with Crippen molar-refractivity contribution in [2.45, 2.75) is 58.2 Å². The first-order chi connectivity index (χ1) is 9.06. The third-order valence-corrected chi connectivity index (χ3v) is 3.72. The van der Waals surface area contributed by atoms with E-state index in [9.17, 15) is 4.79 Å². The van der Waals surface area contributed by atoms with E-state index >= 15 is 0 Å². The molecule has 0 saturated carbocycles. The van der Waals surface area contributed by atoms with Crippen LogP contribution in [0, 0.1) is 0 Å². The Morgan fingerprint density at radius 2 is 2.32 bits per heavy atom. The van der Waals surface area contributed by atoms with Gasteiger partial charge in [-0.3, -0.25) is 14.4 Å². The minimum absolute atomic E-state index is 0.162. The zero-order chi connectivity index (χ0) is 13.8. The van der Waals surface area contributed by atoms with Crippen LogP contribution in [0.4, 0.5) is 0 Å². The summed E-state index contributed by atoms with van der Waals surface area (Å²) in [4.78, 5) is 13.2. The van der Waals surface area contributed by atoms with Crippen molar-refractivity contribution in [1.82, 2.24) is 14.7 Å². The van der Waals surface area contributed by atoms with Crippen LogP contribution in [0.15, 0.2) is 12.3 Å². The van der Waals surface area contributed by atoms with Gasteiger partial charge in [0.05, 0.1) is 12.1 Å². The minimum atomic E-state index is -0.704. The molecule has 1 aliphatic rings. The van der Waals surface area contributed by atoms with Gasteiger partial charge in [0.2, 0.25) is 0 Å². The third kappa shape index (κ3) is 3.80. The van der Waals surface area contributed by atoms with Gasteiger partial charge in [0, 0.05) is 24.8 Å². The van der Waals surface area contributed by atoms with E-state index in [1.807, 2.05) is 16.9 Å². The zero-order valence-corrected chi connectivity index (χ0v) is 11.7. The number of nitrogens with zero attached hydrogens (tertiary/aromatic N) is 3. The van der Waals surface area contributed by atoms with Gasteiger partial charge in [-0.25, -0.2) is 0 Å². The fraction of sp³-hybridized carbons (Fsp3) is 0.714. The molecule has 0 aliphatic carbocycles. The fourth-order valence-electron chi connectivity index (χ4n) is 2.66. The number of rotatable bonds is 5. The van der Waals surface area contributed by atoms with Crippen molar-refractivity contribution < 1.29 is 9.90 Å². The number of carbonyl (C=O) groups is 1. The monoisotopic (exact) mass is 265 g/mol. The lowest BCUT2D eigenvalue weighted by Crippen LogP contribution is -2.40. The van der Waals surface area contributed by atoms with E-state index in [2.05, 4.69) is 23.8 Å². The van der Waals surface area contributed by atoms with E-state index < -0.39 is 5.97 Å². The van der Waals surface area contributed by atoms with Crippen LogP contribution in [0.2, 0.25) is 0 Å². The maximum absolute atomic E-state index is 10.9. The van der Waals surface area contributed by atoms with Gasteiger partial charge in [-0.2, -0.15) is 5.10 Å². The number of carboxylic acids is 1. The van der Waals surface area contributed by atoms with Gasteiger partial charge in [0.15, 0.2) is 0 Å². The van der Waals surface area contributed by atoms with Gasteiger partial charge in [-0.15, -0.1) is 0 Å². The molecule has 5 heteroatoms. The Bertz CT molecular complexity index is 428. The molecule has 0 spiro atoms. The van der Waals surface area contributed by atoms with Crippen molar-refractivity contribution in [2.24, 2.45) is 0 Å². The van der Waals surface area contributed by atoms with E-state index in [0.29, 0.717) is 6.04 Å². The Labute approximate surface area is 114 Å². The van der Waals surface area contributed by atoms with Crippen molar-refractivity contribution in [3.8, 4) is 0 Å². The van der Waals surface area contributed by atoms with Crippen molar-refractivity contribution in [1.29, 1.82) is 0 Å². The summed E-state index contributed by atoms with van der Waals surface area (Å²) in [5.41, 5.74) is 1.03. The van der Waals surface area contributed by atoms with Crippen molar-refractivity contribution in [3.63, 3.8) is 0 Å². The second-order valence-electron chi connectivity index (χ2n) is 5.60. The van der Waals surface area contributed by atoms with Gasteiger partial charge in [-0.1, -0.05) is 6.42 Å². The van der Waals surface area contributed by atoms with Crippen molar-refractivity contribution in [2.75, 3.05) is 6.54 Å². The Morgan fingerprint density at radius 1 is 1.53 bits per heavy atom. The van der Waals surface area contributed by atoms with Crippen LogP contribution in [0.5, 0.6) is 0 Å². The maximum Gasteiger partial charge on any atom is 0.304 e. The molecule has 1 saturated heterocycles. The molecule has 1 N–H and O–H groups in total. The average molecular weight is 265 g/mol. The highest BCUT2D eigenvalue weighted by molar-refractivity contribution is 5.67. The molecule has 2 heterocycles. The lowest BCUT2D eigenvalue weighted by atomic mass is 9.99. The average Bonchev–Trinajstić information content (AvgIpc) is 2.80. The van der Waals surface area contributed by atoms with Crippen molar-refractivity contribution in [3.05, 3.63) is 18.0 Å². The summed E-state index contributed by atoms with van der Waals surface area (Å²) in [6.07, 6.45) is 5.51. The van der Waals surface area contributed by atoms with E-state index in [1.54, 1.807) is 0 Å². The number of likely N-dealkylation sites (tertiary alicyclic amines) is 1. The first-order valence-corrected chi connectivity index (χ1v) is 7.06. The molecule has 5 nitrogen and oxygen atoms in total. The molecule has 0 amide bonds. The molecule has 19 heavy (non-hydrogen) atoms. The Kier molecular flexibility index (Phi) is 4.58. The molecule has 1 aromatic heterocycles. The molecular formula is C14H23N3O2. The fourth-order valence-corrected chi connectivity index (χ4v) is 2.66. The van der Waals surface area contributed by atoms with Crippen LogP contribution in [0.1, 0.15) is 51.3 Å². The number of hydrogen-bond acceptors (Lipinski definition) is 3. The Hall–Kier alpha value is -1.36. The van der Waals surface area contributed by atoms with E-state index in [1.165, 1.54) is 0 Å². The first-order valence-electron chi connectivity index (χ1n) is 7.06. The van der Waals surface area contributed by atoms with Gasteiger partial charge >= 0.3 is 5.97 Å². The molecule has 1 fully saturated rings. The summed E-state index contributed by atoms with van der Waals surface area (Å²) in [5.74, 6) is -0.704. The predicted octanol–water partition coefficient (Wildman–Crippen LogP) is 2.29. The SMILES string of the molecule is CC(C)n1ccc(CN2CCCCC2CC(=O)O)n1. The van der Waals surface area contributed by atoms with Gasteiger partial charge < -0.3 is 5.11 Å². The summed E-state index contributed by atoms with van der Waals surface area (Å²) >= 11 is 0. The zero-order valence-electron chi connectivity index (χ0n) is 11.7.